The molecule has 2 rings (SSSR count). The van der Waals surface area contributed by atoms with Gasteiger partial charge >= 0.3 is 0 Å². The molecule has 1 saturated heterocycles. The van der Waals surface area contributed by atoms with Gasteiger partial charge in [0, 0.05) is 18.6 Å². The van der Waals surface area contributed by atoms with Crippen LogP contribution >= 0.6 is 0 Å². The second kappa shape index (κ2) is 5.31. The standard InChI is InChI=1S/C13H26N2/c1-2-13-5-3-4-8-15(13)10-11-6-7-12(14)9-11/h11-13H,2-10,14H2,1H3. The lowest BCUT2D eigenvalue weighted by molar-refractivity contribution is 0.122. The van der Waals surface area contributed by atoms with Crippen molar-refractivity contribution in [1.29, 1.82) is 0 Å². The second-order valence-electron chi connectivity index (χ2n) is 5.49. The van der Waals surface area contributed by atoms with Gasteiger partial charge in [-0.3, -0.25) is 0 Å². The zero-order valence-electron chi connectivity index (χ0n) is 10.1. The van der Waals surface area contributed by atoms with Crippen molar-refractivity contribution in [2.24, 2.45) is 11.7 Å². The number of nitrogens with zero attached hydrogens (tertiary/aromatic N) is 1. The Labute approximate surface area is 94.2 Å². The van der Waals surface area contributed by atoms with E-state index in [1.54, 1.807) is 0 Å². The topological polar surface area (TPSA) is 29.3 Å². The molecule has 15 heavy (non-hydrogen) atoms. The van der Waals surface area contributed by atoms with E-state index in [0.717, 1.165) is 12.0 Å². The third-order valence-corrected chi connectivity index (χ3v) is 4.29. The summed E-state index contributed by atoms with van der Waals surface area (Å²) >= 11 is 0. The molecule has 3 atom stereocenters. The third kappa shape index (κ3) is 2.94. The fourth-order valence-electron chi connectivity index (χ4n) is 3.37. The molecule has 1 saturated carbocycles. The third-order valence-electron chi connectivity index (χ3n) is 4.29. The van der Waals surface area contributed by atoms with Gasteiger partial charge in [0.05, 0.1) is 0 Å². The van der Waals surface area contributed by atoms with E-state index >= 15 is 0 Å². The molecule has 2 heteroatoms. The first-order valence-corrected chi connectivity index (χ1v) is 6.79. The van der Waals surface area contributed by atoms with Crippen LogP contribution in [-0.2, 0) is 0 Å². The first kappa shape index (κ1) is 11.4. The normalized spacial score (nSPS) is 38.4. The fourth-order valence-corrected chi connectivity index (χ4v) is 3.37. The molecule has 0 aromatic heterocycles. The zero-order valence-corrected chi connectivity index (χ0v) is 10.1. The molecule has 1 heterocycles. The summed E-state index contributed by atoms with van der Waals surface area (Å²) in [4.78, 5) is 2.74. The van der Waals surface area contributed by atoms with E-state index < -0.39 is 0 Å². The fraction of sp³-hybridized carbons (Fsp3) is 1.00. The Hall–Kier alpha value is -0.0800. The Morgan fingerprint density at radius 3 is 2.73 bits per heavy atom. The molecule has 0 radical (unpaired) electrons. The highest BCUT2D eigenvalue weighted by Gasteiger charge is 2.27. The first-order valence-electron chi connectivity index (χ1n) is 6.79. The quantitative estimate of drug-likeness (QED) is 0.775. The summed E-state index contributed by atoms with van der Waals surface area (Å²) in [7, 11) is 0. The number of rotatable bonds is 3. The van der Waals surface area contributed by atoms with Crippen molar-refractivity contribution in [2.75, 3.05) is 13.1 Å². The van der Waals surface area contributed by atoms with Gasteiger partial charge in [-0.2, -0.15) is 0 Å². The minimum atomic E-state index is 0.500. The molecule has 0 aromatic rings. The summed E-state index contributed by atoms with van der Waals surface area (Å²) in [6.07, 6.45) is 9.51. The van der Waals surface area contributed by atoms with Crippen LogP contribution in [-0.4, -0.2) is 30.1 Å². The summed E-state index contributed by atoms with van der Waals surface area (Å²) in [6.45, 7) is 5.00. The summed E-state index contributed by atoms with van der Waals surface area (Å²) < 4.78 is 0. The van der Waals surface area contributed by atoms with E-state index in [4.69, 9.17) is 5.73 Å². The molecule has 2 N–H and O–H groups in total. The number of likely N-dealkylation sites (tertiary alicyclic amines) is 1. The lowest BCUT2D eigenvalue weighted by Gasteiger charge is -2.36. The summed E-state index contributed by atoms with van der Waals surface area (Å²) in [5.41, 5.74) is 5.98. The highest BCUT2D eigenvalue weighted by atomic mass is 15.2. The number of hydrogen-bond donors (Lipinski definition) is 1. The van der Waals surface area contributed by atoms with Gasteiger partial charge in [-0.15, -0.1) is 0 Å². The van der Waals surface area contributed by atoms with E-state index in [2.05, 4.69) is 11.8 Å². The van der Waals surface area contributed by atoms with Crippen molar-refractivity contribution in [3.05, 3.63) is 0 Å². The van der Waals surface area contributed by atoms with Crippen LogP contribution in [0.2, 0.25) is 0 Å². The van der Waals surface area contributed by atoms with Crippen LogP contribution < -0.4 is 5.73 Å². The maximum atomic E-state index is 5.98. The van der Waals surface area contributed by atoms with E-state index in [-0.39, 0.29) is 0 Å². The Balaban J connectivity index is 1.81. The van der Waals surface area contributed by atoms with Gasteiger partial charge in [-0.1, -0.05) is 13.3 Å². The Bertz CT molecular complexity index is 193. The molecule has 88 valence electrons. The number of nitrogens with two attached hydrogens (primary N) is 1. The minimum absolute atomic E-state index is 0.500. The van der Waals surface area contributed by atoms with Crippen LogP contribution in [0.1, 0.15) is 51.9 Å². The Kier molecular flexibility index (Phi) is 4.04. The molecule has 1 aliphatic carbocycles. The molecular weight excluding hydrogens is 184 g/mol. The molecule has 1 aliphatic heterocycles. The van der Waals surface area contributed by atoms with Gasteiger partial charge < -0.3 is 10.6 Å². The zero-order chi connectivity index (χ0) is 10.7. The maximum Gasteiger partial charge on any atom is 0.00927 e. The highest BCUT2D eigenvalue weighted by molar-refractivity contribution is 4.83. The molecule has 2 fully saturated rings. The van der Waals surface area contributed by atoms with Gasteiger partial charge in [0.15, 0.2) is 0 Å². The van der Waals surface area contributed by atoms with Crippen LogP contribution in [0.3, 0.4) is 0 Å². The molecule has 0 bridgehead atoms. The van der Waals surface area contributed by atoms with Crippen molar-refractivity contribution in [1.82, 2.24) is 4.90 Å². The molecule has 2 nitrogen and oxygen atoms in total. The van der Waals surface area contributed by atoms with Crippen molar-refractivity contribution in [2.45, 2.75) is 64.0 Å². The second-order valence-corrected chi connectivity index (χ2v) is 5.49. The molecule has 0 aromatic carbocycles. The van der Waals surface area contributed by atoms with Crippen LogP contribution in [0.25, 0.3) is 0 Å². The average molecular weight is 210 g/mol. The van der Waals surface area contributed by atoms with Gasteiger partial charge in [-0.05, 0) is 51.0 Å². The van der Waals surface area contributed by atoms with Crippen molar-refractivity contribution < 1.29 is 0 Å². The van der Waals surface area contributed by atoms with Gasteiger partial charge in [0.2, 0.25) is 0 Å². The lowest BCUT2D eigenvalue weighted by Crippen LogP contribution is -2.41. The van der Waals surface area contributed by atoms with Crippen LogP contribution in [0.5, 0.6) is 0 Å². The van der Waals surface area contributed by atoms with Crippen LogP contribution in [0.15, 0.2) is 0 Å². The van der Waals surface area contributed by atoms with Crippen molar-refractivity contribution >= 4 is 0 Å². The SMILES string of the molecule is CCC1CCCCN1CC1CCC(N)C1. The highest BCUT2D eigenvalue weighted by Crippen LogP contribution is 2.28. The van der Waals surface area contributed by atoms with E-state index in [1.165, 1.54) is 58.0 Å². The monoisotopic (exact) mass is 210 g/mol. The summed E-state index contributed by atoms with van der Waals surface area (Å²) in [5.74, 6) is 0.896. The number of piperidine rings is 1. The molecule has 2 aliphatic rings. The predicted molar refractivity (Wildman–Crippen MR) is 64.8 cm³/mol. The Morgan fingerprint density at radius 2 is 2.07 bits per heavy atom. The summed E-state index contributed by atoms with van der Waals surface area (Å²) in [6, 6.07) is 1.37. The largest absolute Gasteiger partial charge is 0.328 e. The maximum absolute atomic E-state index is 5.98. The molecule has 0 spiro atoms. The molecular formula is C13H26N2. The van der Waals surface area contributed by atoms with Gasteiger partial charge in [-0.25, -0.2) is 0 Å². The number of hydrogen-bond acceptors (Lipinski definition) is 2. The van der Waals surface area contributed by atoms with Gasteiger partial charge in [0.25, 0.3) is 0 Å². The van der Waals surface area contributed by atoms with Crippen LogP contribution in [0.4, 0.5) is 0 Å². The molecule has 0 amide bonds. The average Bonchev–Trinajstić information content (AvgIpc) is 2.65. The molecule has 3 unspecified atom stereocenters. The minimum Gasteiger partial charge on any atom is -0.328 e. The van der Waals surface area contributed by atoms with Crippen LogP contribution in [0, 0.1) is 5.92 Å². The van der Waals surface area contributed by atoms with E-state index in [0.29, 0.717) is 6.04 Å². The lowest BCUT2D eigenvalue weighted by atomic mass is 9.97. The van der Waals surface area contributed by atoms with Crippen molar-refractivity contribution in [3.63, 3.8) is 0 Å². The summed E-state index contributed by atoms with van der Waals surface area (Å²) in [5, 5.41) is 0. The predicted octanol–water partition coefficient (Wildman–Crippen LogP) is 2.38. The van der Waals surface area contributed by atoms with E-state index in [9.17, 15) is 0 Å². The van der Waals surface area contributed by atoms with E-state index in [1.807, 2.05) is 0 Å². The van der Waals surface area contributed by atoms with Crippen molar-refractivity contribution in [3.8, 4) is 0 Å². The van der Waals surface area contributed by atoms with Gasteiger partial charge in [0.1, 0.15) is 0 Å². The first-order chi connectivity index (χ1) is 7.29. The smallest absolute Gasteiger partial charge is 0.00927 e. The Morgan fingerprint density at radius 1 is 1.20 bits per heavy atom.